The van der Waals surface area contributed by atoms with E-state index in [1.54, 1.807) is 25.1 Å². The minimum absolute atomic E-state index is 0.154. The van der Waals surface area contributed by atoms with Gasteiger partial charge in [-0.1, -0.05) is 24.3 Å². The highest BCUT2D eigenvalue weighted by molar-refractivity contribution is 6.08. The van der Waals surface area contributed by atoms with Crippen LogP contribution in [-0.2, 0) is 0 Å². The van der Waals surface area contributed by atoms with Gasteiger partial charge in [0.15, 0.2) is 0 Å². The molecule has 0 aliphatic carbocycles. The minimum Gasteiger partial charge on any atom is -0.321 e. The molecule has 1 amide bonds. The summed E-state index contributed by atoms with van der Waals surface area (Å²) < 4.78 is 36.6. The Balaban J connectivity index is 1.81. The third-order valence-corrected chi connectivity index (χ3v) is 3.64. The molecule has 1 N–H and O–H groups in total. The van der Waals surface area contributed by atoms with Crippen LogP contribution in [0.25, 0.3) is 17.0 Å². The third-order valence-electron chi connectivity index (χ3n) is 3.64. The van der Waals surface area contributed by atoms with Gasteiger partial charge in [-0.15, -0.1) is 0 Å². The molecule has 0 bridgehead atoms. The number of carbonyl (C=O) groups is 1. The summed E-state index contributed by atoms with van der Waals surface area (Å²) >= 11 is 0. The van der Waals surface area contributed by atoms with Crippen molar-refractivity contribution in [2.75, 3.05) is 5.32 Å². The van der Waals surface area contributed by atoms with Crippen LogP contribution < -0.4 is 5.32 Å². The van der Waals surface area contributed by atoms with Crippen molar-refractivity contribution in [3.05, 3.63) is 71.4 Å². The zero-order valence-corrected chi connectivity index (χ0v) is 13.7. The van der Waals surface area contributed by atoms with Gasteiger partial charge in [0.1, 0.15) is 0 Å². The van der Waals surface area contributed by atoms with Crippen LogP contribution in [0.5, 0.6) is 0 Å². The second kappa shape index (κ2) is 6.95. The van der Waals surface area contributed by atoms with Gasteiger partial charge in [0.05, 0.1) is 16.9 Å². The van der Waals surface area contributed by atoms with E-state index in [2.05, 4.69) is 15.5 Å². The van der Waals surface area contributed by atoms with Gasteiger partial charge in [-0.2, -0.15) is 23.4 Å². The third kappa shape index (κ3) is 4.24. The summed E-state index contributed by atoms with van der Waals surface area (Å²) in [6.07, 6.45) is -3.26. The summed E-state index contributed by atoms with van der Waals surface area (Å²) in [5.74, 6) is -0.363. The number of aryl methyl sites for hydroxylation is 1. The number of amides is 1. The van der Waals surface area contributed by atoms with E-state index in [-0.39, 0.29) is 12.0 Å². The van der Waals surface area contributed by atoms with Crippen molar-refractivity contribution < 1.29 is 18.0 Å². The SMILES string of the molecule is Cc1cc2c(NC(=O)c3ccc(C=CC(F)(F)F)cc3)cccc2nn1. The van der Waals surface area contributed by atoms with Crippen LogP contribution in [0.1, 0.15) is 21.6 Å². The summed E-state index contributed by atoms with van der Waals surface area (Å²) in [7, 11) is 0. The van der Waals surface area contributed by atoms with Gasteiger partial charge in [-0.05, 0) is 42.8 Å². The molecule has 0 saturated heterocycles. The molecule has 0 saturated carbocycles. The normalized spacial score (nSPS) is 11.8. The Bertz CT molecular complexity index is 979. The van der Waals surface area contributed by atoms with E-state index in [4.69, 9.17) is 0 Å². The number of benzene rings is 2. The summed E-state index contributed by atoms with van der Waals surface area (Å²) in [5.41, 5.74) is 2.66. The number of fused-ring (bicyclic) bond motifs is 1. The van der Waals surface area contributed by atoms with Gasteiger partial charge in [0.25, 0.3) is 5.91 Å². The first-order chi connectivity index (χ1) is 12.3. The van der Waals surface area contributed by atoms with E-state index >= 15 is 0 Å². The van der Waals surface area contributed by atoms with Crippen LogP contribution in [0.3, 0.4) is 0 Å². The minimum atomic E-state index is -4.37. The predicted octanol–water partition coefficient (Wildman–Crippen LogP) is 4.77. The lowest BCUT2D eigenvalue weighted by molar-refractivity contribution is -0.0790. The first kappa shape index (κ1) is 17.6. The largest absolute Gasteiger partial charge is 0.409 e. The lowest BCUT2D eigenvalue weighted by Crippen LogP contribution is -2.12. The molecule has 1 aromatic heterocycles. The van der Waals surface area contributed by atoms with E-state index in [0.717, 1.165) is 17.2 Å². The predicted molar refractivity (Wildman–Crippen MR) is 93.8 cm³/mol. The van der Waals surface area contributed by atoms with Crippen LogP contribution in [0.2, 0.25) is 0 Å². The van der Waals surface area contributed by atoms with Crippen molar-refractivity contribution in [1.29, 1.82) is 0 Å². The van der Waals surface area contributed by atoms with Crippen molar-refractivity contribution in [2.45, 2.75) is 13.1 Å². The van der Waals surface area contributed by atoms with E-state index in [0.29, 0.717) is 22.3 Å². The molecule has 7 heteroatoms. The van der Waals surface area contributed by atoms with Crippen molar-refractivity contribution in [3.63, 3.8) is 0 Å². The summed E-state index contributed by atoms with van der Waals surface area (Å²) in [6.45, 7) is 1.80. The van der Waals surface area contributed by atoms with Crippen molar-refractivity contribution >= 4 is 28.6 Å². The maximum atomic E-state index is 12.4. The smallest absolute Gasteiger partial charge is 0.321 e. The molecule has 2 aromatic carbocycles. The van der Waals surface area contributed by atoms with Crippen molar-refractivity contribution in [2.24, 2.45) is 0 Å². The number of aromatic nitrogens is 2. The van der Waals surface area contributed by atoms with E-state index in [1.807, 2.05) is 6.07 Å². The molecular formula is C19H14F3N3O. The molecular weight excluding hydrogens is 343 g/mol. The quantitative estimate of drug-likeness (QED) is 0.735. The highest BCUT2D eigenvalue weighted by Gasteiger charge is 2.21. The average Bonchev–Trinajstić information content (AvgIpc) is 2.60. The van der Waals surface area contributed by atoms with Crippen LogP contribution in [0.4, 0.5) is 18.9 Å². The molecule has 4 nitrogen and oxygen atoms in total. The Morgan fingerprint density at radius 2 is 1.81 bits per heavy atom. The van der Waals surface area contributed by atoms with Crippen LogP contribution >= 0.6 is 0 Å². The van der Waals surface area contributed by atoms with Crippen LogP contribution in [0, 0.1) is 6.92 Å². The fourth-order valence-corrected chi connectivity index (χ4v) is 2.40. The lowest BCUT2D eigenvalue weighted by atomic mass is 10.1. The molecule has 0 aliphatic heterocycles. The number of hydrogen-bond donors (Lipinski definition) is 1. The topological polar surface area (TPSA) is 54.9 Å². The summed E-state index contributed by atoms with van der Waals surface area (Å²) in [6, 6.07) is 13.0. The summed E-state index contributed by atoms with van der Waals surface area (Å²) in [4.78, 5) is 12.4. The maximum Gasteiger partial charge on any atom is 0.409 e. The molecule has 3 rings (SSSR count). The van der Waals surface area contributed by atoms with Gasteiger partial charge in [-0.25, -0.2) is 0 Å². The second-order valence-electron chi connectivity index (χ2n) is 5.68. The Morgan fingerprint density at radius 1 is 1.08 bits per heavy atom. The van der Waals surface area contributed by atoms with Crippen molar-refractivity contribution in [1.82, 2.24) is 10.2 Å². The first-order valence-corrected chi connectivity index (χ1v) is 7.72. The number of alkyl halides is 3. The lowest BCUT2D eigenvalue weighted by Gasteiger charge is -2.09. The van der Waals surface area contributed by atoms with E-state index in [1.165, 1.54) is 24.3 Å². The van der Waals surface area contributed by atoms with Crippen molar-refractivity contribution in [3.8, 4) is 0 Å². The van der Waals surface area contributed by atoms with Gasteiger partial charge >= 0.3 is 6.18 Å². The Hall–Kier alpha value is -3.22. The van der Waals surface area contributed by atoms with Gasteiger partial charge in [-0.3, -0.25) is 4.79 Å². The molecule has 0 atom stereocenters. The number of hydrogen-bond acceptors (Lipinski definition) is 3. The number of rotatable bonds is 3. The number of allylic oxidation sites excluding steroid dienone is 1. The molecule has 132 valence electrons. The molecule has 0 fully saturated rings. The fraction of sp³-hybridized carbons (Fsp3) is 0.105. The molecule has 1 heterocycles. The van der Waals surface area contributed by atoms with E-state index < -0.39 is 6.18 Å². The van der Waals surface area contributed by atoms with Gasteiger partial charge in [0.2, 0.25) is 0 Å². The maximum absolute atomic E-state index is 12.4. The average molecular weight is 357 g/mol. The Labute approximate surface area is 147 Å². The molecule has 0 radical (unpaired) electrons. The van der Waals surface area contributed by atoms with E-state index in [9.17, 15) is 18.0 Å². The molecule has 26 heavy (non-hydrogen) atoms. The molecule has 0 spiro atoms. The molecule has 3 aromatic rings. The summed E-state index contributed by atoms with van der Waals surface area (Å²) in [5, 5.41) is 11.6. The number of nitrogens with one attached hydrogen (secondary N) is 1. The number of carbonyl (C=O) groups excluding carboxylic acids is 1. The first-order valence-electron chi connectivity index (χ1n) is 7.72. The monoisotopic (exact) mass is 357 g/mol. The second-order valence-corrected chi connectivity index (χ2v) is 5.68. The standard InChI is InChI=1S/C19H14F3N3O/c1-12-11-15-16(3-2-4-17(15)25-24-12)23-18(26)14-7-5-13(6-8-14)9-10-19(20,21)22/h2-11H,1H3,(H,23,26). The van der Waals surface area contributed by atoms with Crippen LogP contribution in [-0.4, -0.2) is 22.3 Å². The Kier molecular flexibility index (Phi) is 4.71. The zero-order chi connectivity index (χ0) is 18.7. The number of anilines is 1. The molecule has 0 unspecified atom stereocenters. The highest BCUT2D eigenvalue weighted by Crippen LogP contribution is 2.23. The highest BCUT2D eigenvalue weighted by atomic mass is 19.4. The van der Waals surface area contributed by atoms with Gasteiger partial charge in [0, 0.05) is 17.0 Å². The van der Waals surface area contributed by atoms with Gasteiger partial charge < -0.3 is 5.32 Å². The van der Waals surface area contributed by atoms with Crippen LogP contribution in [0.15, 0.2) is 54.6 Å². The molecule has 0 aliphatic rings. The fourth-order valence-electron chi connectivity index (χ4n) is 2.40. The number of nitrogens with zero attached hydrogens (tertiary/aromatic N) is 2. The Morgan fingerprint density at radius 3 is 2.50 bits per heavy atom. The zero-order valence-electron chi connectivity index (χ0n) is 13.7. The number of halogens is 3.